The molecule has 0 radical (unpaired) electrons. The van der Waals surface area contributed by atoms with Crippen LogP contribution in [-0.2, 0) is 4.74 Å². The van der Waals surface area contributed by atoms with Crippen molar-refractivity contribution in [2.45, 2.75) is 13.0 Å². The minimum atomic E-state index is -0.101. The Morgan fingerprint density at radius 1 is 1.33 bits per heavy atom. The first kappa shape index (κ1) is 16.5. The lowest BCUT2D eigenvalue weighted by molar-refractivity contribution is 0.0204. The molecule has 0 aromatic carbocycles. The molecule has 7 heteroatoms. The molecule has 3 heterocycles. The Hall–Kier alpha value is -2.38. The molecule has 1 amide bonds. The molecule has 1 N–H and O–H groups in total. The predicted molar refractivity (Wildman–Crippen MR) is 89.5 cm³/mol. The summed E-state index contributed by atoms with van der Waals surface area (Å²) in [4.78, 5) is 27.0. The molecule has 1 aliphatic heterocycles. The average molecular weight is 327 g/mol. The third-order valence-corrected chi connectivity index (χ3v) is 4.11. The molecule has 0 bridgehead atoms. The van der Waals surface area contributed by atoms with Crippen molar-refractivity contribution in [1.29, 1.82) is 0 Å². The van der Waals surface area contributed by atoms with Gasteiger partial charge in [-0.05, 0) is 19.1 Å². The maximum Gasteiger partial charge on any atom is 0.251 e. The summed E-state index contributed by atoms with van der Waals surface area (Å²) in [5.41, 5.74) is 2.05. The molecular weight excluding hydrogens is 306 g/mol. The Balaban J connectivity index is 1.61. The number of nitrogens with zero attached hydrogens (tertiary/aromatic N) is 4. The van der Waals surface area contributed by atoms with Gasteiger partial charge in [-0.3, -0.25) is 14.7 Å². The van der Waals surface area contributed by atoms with E-state index in [1.165, 1.54) is 6.33 Å². The van der Waals surface area contributed by atoms with Crippen LogP contribution in [0.15, 0.2) is 37.1 Å². The number of rotatable bonds is 5. The van der Waals surface area contributed by atoms with E-state index in [-0.39, 0.29) is 11.9 Å². The second-order valence-corrected chi connectivity index (χ2v) is 5.76. The van der Waals surface area contributed by atoms with E-state index in [1.54, 1.807) is 30.7 Å². The predicted octanol–water partition coefficient (Wildman–Crippen LogP) is 0.989. The van der Waals surface area contributed by atoms with Crippen molar-refractivity contribution in [3.63, 3.8) is 0 Å². The fourth-order valence-corrected chi connectivity index (χ4v) is 2.65. The number of hydrogen-bond acceptors (Lipinski definition) is 6. The number of carbonyl (C=O) groups is 1. The van der Waals surface area contributed by atoms with Gasteiger partial charge in [-0.2, -0.15) is 0 Å². The van der Waals surface area contributed by atoms with Crippen LogP contribution in [0.1, 0.15) is 17.3 Å². The molecule has 7 nitrogen and oxygen atoms in total. The summed E-state index contributed by atoms with van der Waals surface area (Å²) in [5.74, 6) is -0.101. The minimum absolute atomic E-state index is 0.101. The van der Waals surface area contributed by atoms with Gasteiger partial charge in [-0.25, -0.2) is 9.97 Å². The number of nitrogens with one attached hydrogen (secondary N) is 1. The first-order valence-electron chi connectivity index (χ1n) is 8.05. The molecule has 1 atom stereocenters. The summed E-state index contributed by atoms with van der Waals surface area (Å²) < 4.78 is 5.35. The van der Waals surface area contributed by atoms with Crippen molar-refractivity contribution in [3.8, 4) is 11.3 Å². The largest absolute Gasteiger partial charge is 0.379 e. The molecule has 1 unspecified atom stereocenters. The van der Waals surface area contributed by atoms with E-state index in [2.05, 4.69) is 32.1 Å². The van der Waals surface area contributed by atoms with Crippen LogP contribution in [0.3, 0.4) is 0 Å². The molecule has 126 valence electrons. The van der Waals surface area contributed by atoms with Crippen LogP contribution in [0, 0.1) is 0 Å². The lowest BCUT2D eigenvalue weighted by Crippen LogP contribution is -2.47. The fourth-order valence-electron chi connectivity index (χ4n) is 2.65. The molecule has 24 heavy (non-hydrogen) atoms. The van der Waals surface area contributed by atoms with Gasteiger partial charge in [0.1, 0.15) is 6.33 Å². The number of morpholine rings is 1. The summed E-state index contributed by atoms with van der Waals surface area (Å²) in [6.45, 7) is 6.04. The molecule has 1 saturated heterocycles. The van der Waals surface area contributed by atoms with Gasteiger partial charge in [0.15, 0.2) is 0 Å². The van der Waals surface area contributed by atoms with Gasteiger partial charge in [-0.15, -0.1) is 0 Å². The van der Waals surface area contributed by atoms with Crippen molar-refractivity contribution in [2.24, 2.45) is 0 Å². The topological polar surface area (TPSA) is 80.2 Å². The summed E-state index contributed by atoms with van der Waals surface area (Å²) in [6.07, 6.45) is 6.45. The van der Waals surface area contributed by atoms with E-state index in [1.807, 2.05) is 0 Å². The zero-order valence-corrected chi connectivity index (χ0v) is 13.7. The van der Waals surface area contributed by atoms with E-state index in [0.29, 0.717) is 17.8 Å². The van der Waals surface area contributed by atoms with Crippen LogP contribution in [-0.4, -0.2) is 64.6 Å². The normalized spacial score (nSPS) is 16.5. The maximum absolute atomic E-state index is 12.4. The molecule has 0 saturated carbocycles. The van der Waals surface area contributed by atoms with Crippen molar-refractivity contribution in [1.82, 2.24) is 25.2 Å². The van der Waals surface area contributed by atoms with Crippen LogP contribution in [0.25, 0.3) is 11.3 Å². The highest BCUT2D eigenvalue weighted by Crippen LogP contribution is 2.15. The highest BCUT2D eigenvalue weighted by molar-refractivity contribution is 5.95. The Kier molecular flexibility index (Phi) is 5.45. The highest BCUT2D eigenvalue weighted by Gasteiger charge is 2.18. The minimum Gasteiger partial charge on any atom is -0.379 e. The van der Waals surface area contributed by atoms with Crippen molar-refractivity contribution >= 4 is 5.91 Å². The van der Waals surface area contributed by atoms with Gasteiger partial charge in [0.25, 0.3) is 5.91 Å². The Morgan fingerprint density at radius 3 is 2.83 bits per heavy atom. The Labute approximate surface area is 141 Å². The van der Waals surface area contributed by atoms with E-state index in [9.17, 15) is 4.79 Å². The van der Waals surface area contributed by atoms with Gasteiger partial charge >= 0.3 is 0 Å². The highest BCUT2D eigenvalue weighted by atomic mass is 16.5. The van der Waals surface area contributed by atoms with E-state index in [4.69, 9.17) is 4.74 Å². The monoisotopic (exact) mass is 327 g/mol. The second-order valence-electron chi connectivity index (χ2n) is 5.76. The Bertz CT molecular complexity index is 674. The first-order valence-corrected chi connectivity index (χ1v) is 8.05. The van der Waals surface area contributed by atoms with Crippen LogP contribution in [0.4, 0.5) is 0 Å². The number of ether oxygens (including phenoxy) is 1. The summed E-state index contributed by atoms with van der Waals surface area (Å²) in [5, 5.41) is 2.99. The van der Waals surface area contributed by atoms with Gasteiger partial charge in [-0.1, -0.05) is 0 Å². The smallest absolute Gasteiger partial charge is 0.251 e. The molecule has 0 spiro atoms. The second kappa shape index (κ2) is 7.94. The van der Waals surface area contributed by atoms with Crippen LogP contribution < -0.4 is 5.32 Å². The van der Waals surface area contributed by atoms with Gasteiger partial charge < -0.3 is 10.1 Å². The molecule has 0 aliphatic carbocycles. The molecule has 3 rings (SSSR count). The van der Waals surface area contributed by atoms with Gasteiger partial charge in [0.2, 0.25) is 0 Å². The van der Waals surface area contributed by atoms with Gasteiger partial charge in [0, 0.05) is 55.4 Å². The zero-order valence-electron chi connectivity index (χ0n) is 13.7. The van der Waals surface area contributed by atoms with Crippen LogP contribution >= 0.6 is 0 Å². The van der Waals surface area contributed by atoms with E-state index < -0.39 is 0 Å². The zero-order chi connectivity index (χ0) is 16.8. The number of aromatic nitrogens is 3. The molecular formula is C17H21N5O2. The molecule has 2 aromatic heterocycles. The quantitative estimate of drug-likeness (QED) is 0.882. The summed E-state index contributed by atoms with van der Waals surface area (Å²) in [7, 11) is 0. The lowest BCUT2D eigenvalue weighted by atomic mass is 10.1. The van der Waals surface area contributed by atoms with Gasteiger partial charge in [0.05, 0.1) is 18.9 Å². The first-order chi connectivity index (χ1) is 11.7. The third kappa shape index (κ3) is 4.12. The summed E-state index contributed by atoms with van der Waals surface area (Å²) in [6, 6.07) is 3.75. The van der Waals surface area contributed by atoms with E-state index in [0.717, 1.165) is 31.9 Å². The number of pyridine rings is 1. The third-order valence-electron chi connectivity index (χ3n) is 4.11. The average Bonchev–Trinajstić information content (AvgIpc) is 2.67. The number of hydrogen-bond donors (Lipinski definition) is 1. The number of carbonyl (C=O) groups excluding carboxylic acids is 1. The molecule has 1 aliphatic rings. The van der Waals surface area contributed by atoms with Crippen molar-refractivity contribution in [3.05, 3.63) is 42.6 Å². The summed E-state index contributed by atoms with van der Waals surface area (Å²) >= 11 is 0. The molecule has 1 fully saturated rings. The fraction of sp³-hybridized carbons (Fsp3) is 0.412. The Morgan fingerprint density at radius 2 is 2.08 bits per heavy atom. The van der Waals surface area contributed by atoms with Crippen LogP contribution in [0.5, 0.6) is 0 Å². The molecule has 2 aromatic rings. The standard InChI is InChI=1S/C17H21N5O2/c1-13(22-4-6-24-7-5-22)9-21-17(23)14-2-3-20-16(8-14)15-10-18-12-19-11-15/h2-3,8,10-13H,4-7,9H2,1H3,(H,21,23). The number of amides is 1. The maximum atomic E-state index is 12.4. The SMILES string of the molecule is CC(CNC(=O)c1ccnc(-c2cncnc2)c1)N1CCOCC1. The van der Waals surface area contributed by atoms with Crippen molar-refractivity contribution < 1.29 is 9.53 Å². The van der Waals surface area contributed by atoms with Crippen molar-refractivity contribution in [2.75, 3.05) is 32.8 Å². The van der Waals surface area contributed by atoms with Crippen LogP contribution in [0.2, 0.25) is 0 Å². The lowest BCUT2D eigenvalue weighted by Gasteiger charge is -2.32. The van der Waals surface area contributed by atoms with E-state index >= 15 is 0 Å².